The summed E-state index contributed by atoms with van der Waals surface area (Å²) in [5, 5.41) is 4.76. The van der Waals surface area contributed by atoms with Crippen molar-refractivity contribution in [3.8, 4) is 11.3 Å². The van der Waals surface area contributed by atoms with Crippen LogP contribution in [0, 0.1) is 0 Å². The second-order valence-corrected chi connectivity index (χ2v) is 4.86. The number of ether oxygens (including phenoxy) is 1. The molecule has 112 valence electrons. The molecule has 0 aliphatic carbocycles. The Hall–Kier alpha value is -1.88. The van der Waals surface area contributed by atoms with E-state index in [9.17, 15) is 4.79 Å². The molecule has 2 aromatic rings. The Kier molecular flexibility index (Phi) is 4.96. The molecule has 0 fully saturated rings. The van der Waals surface area contributed by atoms with Gasteiger partial charge in [0.1, 0.15) is 5.15 Å². The van der Waals surface area contributed by atoms with Gasteiger partial charge in [-0.2, -0.15) is 5.10 Å². The maximum atomic E-state index is 11.8. The standard InChI is InChI=1S/C15H18ClN3O2/c1-4-10-7-14(16)17-9-11(10)13-8-12(15(20)21-6-3)18-19(13)5-2/h7-9H,4-6H2,1-3H3. The van der Waals surface area contributed by atoms with Crippen molar-refractivity contribution in [2.24, 2.45) is 0 Å². The minimum Gasteiger partial charge on any atom is -0.461 e. The molecule has 0 atom stereocenters. The molecule has 0 spiro atoms. The number of aryl methyl sites for hydroxylation is 2. The molecule has 21 heavy (non-hydrogen) atoms. The maximum Gasteiger partial charge on any atom is 0.358 e. The van der Waals surface area contributed by atoms with E-state index in [1.54, 1.807) is 23.9 Å². The first-order valence-corrected chi connectivity index (χ1v) is 7.38. The summed E-state index contributed by atoms with van der Waals surface area (Å²) in [5.41, 5.74) is 3.17. The Morgan fingerprint density at radius 3 is 2.71 bits per heavy atom. The zero-order valence-electron chi connectivity index (χ0n) is 12.4. The zero-order chi connectivity index (χ0) is 15.4. The van der Waals surface area contributed by atoms with Gasteiger partial charge < -0.3 is 4.74 Å². The van der Waals surface area contributed by atoms with E-state index in [4.69, 9.17) is 16.3 Å². The number of carbonyl (C=O) groups is 1. The van der Waals surface area contributed by atoms with Gasteiger partial charge in [0.05, 0.1) is 12.3 Å². The fourth-order valence-electron chi connectivity index (χ4n) is 2.17. The van der Waals surface area contributed by atoms with E-state index in [0.717, 1.165) is 23.2 Å². The second kappa shape index (κ2) is 6.72. The predicted molar refractivity (Wildman–Crippen MR) is 81.5 cm³/mol. The van der Waals surface area contributed by atoms with Crippen LogP contribution in [0.15, 0.2) is 18.3 Å². The Bertz CT molecular complexity index is 652. The number of halogens is 1. The van der Waals surface area contributed by atoms with Crippen molar-refractivity contribution in [1.29, 1.82) is 0 Å². The van der Waals surface area contributed by atoms with Crippen molar-refractivity contribution in [2.45, 2.75) is 33.7 Å². The Balaban J connectivity index is 2.50. The molecule has 0 unspecified atom stereocenters. The van der Waals surface area contributed by atoms with Crippen LogP contribution in [0.2, 0.25) is 5.15 Å². The fraction of sp³-hybridized carbons (Fsp3) is 0.400. The van der Waals surface area contributed by atoms with Crippen molar-refractivity contribution in [1.82, 2.24) is 14.8 Å². The lowest BCUT2D eigenvalue weighted by Gasteiger charge is -2.09. The van der Waals surface area contributed by atoms with Gasteiger partial charge in [-0.25, -0.2) is 9.78 Å². The van der Waals surface area contributed by atoms with E-state index in [1.807, 2.05) is 19.9 Å². The van der Waals surface area contributed by atoms with Gasteiger partial charge >= 0.3 is 5.97 Å². The summed E-state index contributed by atoms with van der Waals surface area (Å²) in [7, 11) is 0. The zero-order valence-corrected chi connectivity index (χ0v) is 13.1. The third-order valence-electron chi connectivity index (χ3n) is 3.18. The highest BCUT2D eigenvalue weighted by atomic mass is 35.5. The minimum atomic E-state index is -0.411. The molecule has 0 aliphatic rings. The number of hydrogen-bond donors (Lipinski definition) is 0. The number of hydrogen-bond acceptors (Lipinski definition) is 4. The first kappa shape index (κ1) is 15.5. The second-order valence-electron chi connectivity index (χ2n) is 4.47. The molecule has 2 rings (SSSR count). The fourth-order valence-corrected chi connectivity index (χ4v) is 2.35. The first-order chi connectivity index (χ1) is 10.1. The van der Waals surface area contributed by atoms with Crippen LogP contribution in [0.1, 0.15) is 36.8 Å². The van der Waals surface area contributed by atoms with E-state index < -0.39 is 5.97 Å². The van der Waals surface area contributed by atoms with Crippen LogP contribution < -0.4 is 0 Å². The van der Waals surface area contributed by atoms with Gasteiger partial charge in [-0.15, -0.1) is 0 Å². The molecule has 0 radical (unpaired) electrons. The summed E-state index contributed by atoms with van der Waals surface area (Å²) >= 11 is 5.95. The molecule has 0 N–H and O–H groups in total. The average Bonchev–Trinajstić information content (AvgIpc) is 2.91. The largest absolute Gasteiger partial charge is 0.461 e. The van der Waals surface area contributed by atoms with E-state index in [-0.39, 0.29) is 0 Å². The first-order valence-electron chi connectivity index (χ1n) is 7.00. The molecule has 5 nitrogen and oxygen atoms in total. The van der Waals surface area contributed by atoms with Crippen molar-refractivity contribution in [2.75, 3.05) is 6.61 Å². The molecule has 0 amide bonds. The molecular formula is C15H18ClN3O2. The van der Waals surface area contributed by atoms with Gasteiger partial charge in [0.15, 0.2) is 5.69 Å². The molecule has 6 heteroatoms. The molecule has 0 saturated carbocycles. The number of aromatic nitrogens is 3. The molecule has 0 aromatic carbocycles. The number of nitrogens with zero attached hydrogens (tertiary/aromatic N) is 3. The number of carbonyl (C=O) groups excluding carboxylic acids is 1. The predicted octanol–water partition coefficient (Wildman–Crippen LogP) is 3.36. The number of pyridine rings is 1. The lowest BCUT2D eigenvalue weighted by molar-refractivity contribution is 0.0518. The Labute approximate surface area is 128 Å². The summed E-state index contributed by atoms with van der Waals surface area (Å²) in [5.74, 6) is -0.411. The summed E-state index contributed by atoms with van der Waals surface area (Å²) in [6.07, 6.45) is 2.54. The van der Waals surface area contributed by atoms with Crippen LogP contribution in [0.3, 0.4) is 0 Å². The highest BCUT2D eigenvalue weighted by Gasteiger charge is 2.17. The highest BCUT2D eigenvalue weighted by Crippen LogP contribution is 2.26. The molecular weight excluding hydrogens is 290 g/mol. The summed E-state index contributed by atoms with van der Waals surface area (Å²) in [6, 6.07) is 3.58. The van der Waals surface area contributed by atoms with Gasteiger partial charge in [0, 0.05) is 18.3 Å². The van der Waals surface area contributed by atoms with E-state index in [0.29, 0.717) is 24.0 Å². The Morgan fingerprint density at radius 1 is 1.33 bits per heavy atom. The molecule has 2 heterocycles. The van der Waals surface area contributed by atoms with Crippen LogP contribution in [-0.4, -0.2) is 27.3 Å². The smallest absolute Gasteiger partial charge is 0.358 e. The van der Waals surface area contributed by atoms with Gasteiger partial charge in [0.2, 0.25) is 0 Å². The van der Waals surface area contributed by atoms with Gasteiger partial charge in [0.25, 0.3) is 0 Å². The van der Waals surface area contributed by atoms with Gasteiger partial charge in [-0.3, -0.25) is 4.68 Å². The normalized spacial score (nSPS) is 10.7. The van der Waals surface area contributed by atoms with Crippen LogP contribution >= 0.6 is 11.6 Å². The molecule has 0 bridgehead atoms. The average molecular weight is 308 g/mol. The van der Waals surface area contributed by atoms with Crippen LogP contribution in [0.25, 0.3) is 11.3 Å². The molecule has 0 saturated heterocycles. The maximum absolute atomic E-state index is 11.8. The van der Waals surface area contributed by atoms with Gasteiger partial charge in [-0.05, 0) is 38.0 Å². The monoisotopic (exact) mass is 307 g/mol. The van der Waals surface area contributed by atoms with Crippen molar-refractivity contribution in [3.63, 3.8) is 0 Å². The lowest BCUT2D eigenvalue weighted by atomic mass is 10.1. The third-order valence-corrected chi connectivity index (χ3v) is 3.38. The van der Waals surface area contributed by atoms with Crippen molar-refractivity contribution in [3.05, 3.63) is 34.7 Å². The Morgan fingerprint density at radius 2 is 2.10 bits per heavy atom. The summed E-state index contributed by atoms with van der Waals surface area (Å²) in [4.78, 5) is 16.0. The van der Waals surface area contributed by atoms with Crippen molar-refractivity contribution < 1.29 is 9.53 Å². The van der Waals surface area contributed by atoms with E-state index >= 15 is 0 Å². The van der Waals surface area contributed by atoms with Crippen molar-refractivity contribution >= 4 is 17.6 Å². The molecule has 0 aliphatic heterocycles. The minimum absolute atomic E-state index is 0.311. The van der Waals surface area contributed by atoms with E-state index in [1.165, 1.54) is 0 Å². The van der Waals surface area contributed by atoms with Gasteiger partial charge in [-0.1, -0.05) is 18.5 Å². The lowest BCUT2D eigenvalue weighted by Crippen LogP contribution is -2.07. The third kappa shape index (κ3) is 3.24. The van der Waals surface area contributed by atoms with Crippen LogP contribution in [-0.2, 0) is 17.7 Å². The quantitative estimate of drug-likeness (QED) is 0.628. The van der Waals surface area contributed by atoms with Crippen LogP contribution in [0.4, 0.5) is 0 Å². The van der Waals surface area contributed by atoms with E-state index in [2.05, 4.69) is 10.1 Å². The number of esters is 1. The number of rotatable bonds is 5. The SMILES string of the molecule is CCOC(=O)c1cc(-c2cnc(Cl)cc2CC)n(CC)n1. The van der Waals surface area contributed by atoms with Crippen LogP contribution in [0.5, 0.6) is 0 Å². The highest BCUT2D eigenvalue weighted by molar-refractivity contribution is 6.29. The molecule has 2 aromatic heterocycles. The summed E-state index contributed by atoms with van der Waals surface area (Å²) in [6.45, 7) is 6.78. The summed E-state index contributed by atoms with van der Waals surface area (Å²) < 4.78 is 6.77. The topological polar surface area (TPSA) is 57.0 Å².